The van der Waals surface area contributed by atoms with Crippen molar-refractivity contribution in [1.82, 2.24) is 0 Å². The minimum Gasteiger partial charge on any atom is -0.336 e. The van der Waals surface area contributed by atoms with Gasteiger partial charge in [-0.2, -0.15) is 0 Å². The van der Waals surface area contributed by atoms with E-state index >= 15 is 0 Å². The van der Waals surface area contributed by atoms with Crippen molar-refractivity contribution in [2.24, 2.45) is 4.99 Å². The summed E-state index contributed by atoms with van der Waals surface area (Å²) in [6, 6.07) is 10.4. The fourth-order valence-electron chi connectivity index (χ4n) is 1.99. The lowest BCUT2D eigenvalue weighted by Gasteiger charge is -2.20. The number of aliphatic imine (C=N–C) groups is 1. The monoisotopic (exact) mass is 208 g/mol. The highest BCUT2D eigenvalue weighted by Crippen LogP contribution is 2.27. The van der Waals surface area contributed by atoms with Gasteiger partial charge in [-0.15, -0.1) is 0 Å². The average Bonchev–Trinajstić information content (AvgIpc) is 3.01. The third kappa shape index (κ3) is 1.48. The lowest BCUT2D eigenvalue weighted by molar-refractivity contribution is 1.07. The first-order valence-corrected chi connectivity index (χ1v) is 5.39. The van der Waals surface area contributed by atoms with E-state index in [1.165, 1.54) is 11.4 Å². The molecule has 0 spiro atoms. The van der Waals surface area contributed by atoms with Crippen LogP contribution in [0.4, 0.5) is 5.69 Å². The molecule has 0 bridgehead atoms. The normalized spacial score (nSPS) is 22.4. The van der Waals surface area contributed by atoms with Crippen molar-refractivity contribution in [3.8, 4) is 0 Å². The predicted molar refractivity (Wildman–Crippen MR) is 67.6 cm³/mol. The molecule has 0 saturated carbocycles. The first kappa shape index (κ1) is 9.16. The van der Waals surface area contributed by atoms with E-state index in [2.05, 4.69) is 46.3 Å². The molecule has 16 heavy (non-hydrogen) atoms. The third-order valence-electron chi connectivity index (χ3n) is 2.74. The number of nitrogens with zero attached hydrogens (tertiary/aromatic N) is 2. The molecule has 2 heteroatoms. The Hall–Kier alpha value is -2.09. The highest BCUT2D eigenvalue weighted by atomic mass is 15.2. The molecule has 0 amide bonds. The van der Waals surface area contributed by atoms with Crippen LogP contribution in [-0.2, 0) is 0 Å². The van der Waals surface area contributed by atoms with E-state index in [0.717, 1.165) is 12.2 Å². The lowest BCUT2D eigenvalue weighted by atomic mass is 10.2. The summed E-state index contributed by atoms with van der Waals surface area (Å²) >= 11 is 0. The predicted octanol–water partition coefficient (Wildman–Crippen LogP) is 2.92. The Morgan fingerprint density at radius 1 is 1.06 bits per heavy atom. The summed E-state index contributed by atoms with van der Waals surface area (Å²) in [6.45, 7) is 0.923. The van der Waals surface area contributed by atoms with Gasteiger partial charge >= 0.3 is 0 Å². The van der Waals surface area contributed by atoms with Crippen LogP contribution in [-0.4, -0.2) is 12.8 Å². The van der Waals surface area contributed by atoms with E-state index in [1.807, 2.05) is 24.4 Å². The minimum absolute atomic E-state index is 0.923. The molecular formula is C14H12N2. The molecule has 3 rings (SSSR count). The van der Waals surface area contributed by atoms with Gasteiger partial charge in [-0.1, -0.05) is 24.3 Å². The third-order valence-corrected chi connectivity index (χ3v) is 2.74. The second-order valence-electron chi connectivity index (χ2n) is 3.76. The molecule has 0 aliphatic carbocycles. The molecule has 0 fully saturated rings. The van der Waals surface area contributed by atoms with Crippen molar-refractivity contribution in [2.75, 3.05) is 11.4 Å². The van der Waals surface area contributed by atoms with Gasteiger partial charge < -0.3 is 4.90 Å². The zero-order valence-corrected chi connectivity index (χ0v) is 8.88. The molecule has 78 valence electrons. The van der Waals surface area contributed by atoms with Gasteiger partial charge in [-0.3, -0.25) is 4.99 Å². The molecule has 1 aromatic rings. The number of hydrogen-bond acceptors (Lipinski definition) is 2. The lowest BCUT2D eigenvalue weighted by Crippen LogP contribution is -2.17. The molecule has 2 aliphatic heterocycles. The van der Waals surface area contributed by atoms with E-state index in [-0.39, 0.29) is 0 Å². The van der Waals surface area contributed by atoms with Crippen molar-refractivity contribution in [3.63, 3.8) is 0 Å². The zero-order valence-electron chi connectivity index (χ0n) is 8.88. The molecular weight excluding hydrogens is 196 g/mol. The number of para-hydroxylation sites is 1. The van der Waals surface area contributed by atoms with Gasteiger partial charge in [0.25, 0.3) is 0 Å². The van der Waals surface area contributed by atoms with Gasteiger partial charge in [0.2, 0.25) is 0 Å². The second kappa shape index (κ2) is 3.81. The molecule has 0 unspecified atom stereocenters. The van der Waals surface area contributed by atoms with Gasteiger partial charge in [-0.05, 0) is 30.4 Å². The van der Waals surface area contributed by atoms with Crippen molar-refractivity contribution in [1.29, 1.82) is 0 Å². The van der Waals surface area contributed by atoms with Crippen LogP contribution in [0.1, 0.15) is 0 Å². The van der Waals surface area contributed by atoms with Gasteiger partial charge in [0.1, 0.15) is 0 Å². The Labute approximate surface area is 94.9 Å². The van der Waals surface area contributed by atoms with Crippen molar-refractivity contribution < 1.29 is 0 Å². The molecule has 2 aliphatic rings. The van der Waals surface area contributed by atoms with Crippen LogP contribution < -0.4 is 4.90 Å². The summed E-state index contributed by atoms with van der Waals surface area (Å²) in [4.78, 5) is 6.61. The van der Waals surface area contributed by atoms with Crippen molar-refractivity contribution in [2.45, 2.75) is 0 Å². The first-order chi connectivity index (χ1) is 7.95. The smallest absolute Gasteiger partial charge is 0.0867 e. The molecule has 0 aromatic heterocycles. The van der Waals surface area contributed by atoms with Gasteiger partial charge in [0, 0.05) is 18.4 Å². The largest absolute Gasteiger partial charge is 0.336 e. The standard InChI is InChI=1S/C14H12N2/c1-2-6-12(7-3-1)16-11-5-9-14(16)13-8-4-10-15-13/h1-10H,11H2. The van der Waals surface area contributed by atoms with E-state index < -0.39 is 0 Å². The van der Waals surface area contributed by atoms with Crippen LogP contribution in [0.25, 0.3) is 0 Å². The molecule has 1 aromatic carbocycles. The SMILES string of the molecule is C1=CC(=C2C=CCN2c2ccccc2)N=C1. The van der Waals surface area contributed by atoms with E-state index in [1.54, 1.807) is 0 Å². The Balaban J connectivity index is 2.02. The molecule has 0 atom stereocenters. The van der Waals surface area contributed by atoms with E-state index in [0.29, 0.717) is 0 Å². The van der Waals surface area contributed by atoms with Crippen molar-refractivity contribution in [3.05, 3.63) is 66.0 Å². The van der Waals surface area contributed by atoms with Gasteiger partial charge in [-0.25, -0.2) is 0 Å². The Bertz CT molecular complexity index is 493. The maximum absolute atomic E-state index is 4.34. The van der Waals surface area contributed by atoms with Gasteiger partial charge in [0.05, 0.1) is 11.4 Å². The fraction of sp³-hybridized carbons (Fsp3) is 0.0714. The summed E-state index contributed by atoms with van der Waals surface area (Å²) in [5.74, 6) is 0. The summed E-state index contributed by atoms with van der Waals surface area (Å²) in [5, 5.41) is 0. The van der Waals surface area contributed by atoms with E-state index in [4.69, 9.17) is 0 Å². The summed E-state index contributed by atoms with van der Waals surface area (Å²) in [5.41, 5.74) is 3.43. The van der Waals surface area contributed by atoms with Crippen LogP contribution in [0.15, 0.2) is 71.0 Å². The Morgan fingerprint density at radius 3 is 2.69 bits per heavy atom. The average molecular weight is 208 g/mol. The van der Waals surface area contributed by atoms with E-state index in [9.17, 15) is 0 Å². The quantitative estimate of drug-likeness (QED) is 0.692. The maximum Gasteiger partial charge on any atom is 0.0867 e. The number of allylic oxidation sites excluding steroid dienone is 3. The molecule has 2 nitrogen and oxygen atoms in total. The van der Waals surface area contributed by atoms with Crippen LogP contribution >= 0.6 is 0 Å². The number of anilines is 1. The summed E-state index contributed by atoms with van der Waals surface area (Å²) < 4.78 is 0. The number of benzene rings is 1. The van der Waals surface area contributed by atoms with Crippen LogP contribution in [0.5, 0.6) is 0 Å². The molecule has 2 heterocycles. The topological polar surface area (TPSA) is 15.6 Å². The Morgan fingerprint density at radius 2 is 1.94 bits per heavy atom. The van der Waals surface area contributed by atoms with Gasteiger partial charge in [0.15, 0.2) is 0 Å². The fourth-order valence-corrected chi connectivity index (χ4v) is 1.99. The van der Waals surface area contributed by atoms with Crippen LogP contribution in [0.3, 0.4) is 0 Å². The van der Waals surface area contributed by atoms with Crippen molar-refractivity contribution >= 4 is 11.9 Å². The van der Waals surface area contributed by atoms with Crippen LogP contribution in [0, 0.1) is 0 Å². The summed E-state index contributed by atoms with van der Waals surface area (Å²) in [6.07, 6.45) is 10.1. The maximum atomic E-state index is 4.34. The highest BCUT2D eigenvalue weighted by Gasteiger charge is 2.16. The number of rotatable bonds is 1. The highest BCUT2D eigenvalue weighted by molar-refractivity contribution is 5.78. The summed E-state index contributed by atoms with van der Waals surface area (Å²) in [7, 11) is 0. The Kier molecular flexibility index (Phi) is 2.18. The first-order valence-electron chi connectivity index (χ1n) is 5.39. The molecule has 0 N–H and O–H groups in total. The minimum atomic E-state index is 0.923. The molecule has 0 radical (unpaired) electrons. The van der Waals surface area contributed by atoms with Crippen LogP contribution in [0.2, 0.25) is 0 Å². The number of hydrogen-bond donors (Lipinski definition) is 0. The second-order valence-corrected chi connectivity index (χ2v) is 3.76. The zero-order chi connectivity index (χ0) is 10.8. The molecule has 0 saturated heterocycles.